The number of carbonyl (C=O) groups is 2. The standard InChI is InChI=1S/C19H21FN6O5S/c1-10(2)14(26-32(29,30)13-7-5-4-6-12(13)20)19(28)31-11(3)18(27)25-17-15-16(22-8-21-15)23-9-24-17/h4-11,14,26H,1-3H3,(H2,21,22,23,24,25,27)/t11?,14-/m0/s1. The molecule has 13 heteroatoms. The van der Waals surface area contributed by atoms with Crippen LogP contribution in [0, 0.1) is 11.7 Å². The van der Waals surface area contributed by atoms with Crippen molar-refractivity contribution in [1.29, 1.82) is 0 Å². The monoisotopic (exact) mass is 464 g/mol. The normalized spacial score (nSPS) is 13.7. The molecule has 0 bridgehead atoms. The van der Waals surface area contributed by atoms with Crippen molar-refractivity contribution in [2.45, 2.75) is 37.8 Å². The molecule has 1 amide bonds. The van der Waals surface area contributed by atoms with Crippen LogP contribution in [0.4, 0.5) is 10.2 Å². The highest BCUT2D eigenvalue weighted by Gasteiger charge is 2.33. The zero-order valence-electron chi connectivity index (χ0n) is 17.4. The fraction of sp³-hybridized carbons (Fsp3) is 0.316. The van der Waals surface area contributed by atoms with Crippen molar-refractivity contribution in [2.75, 3.05) is 5.32 Å². The molecule has 0 saturated heterocycles. The fourth-order valence-electron chi connectivity index (χ4n) is 2.73. The summed E-state index contributed by atoms with van der Waals surface area (Å²) >= 11 is 0. The fourth-order valence-corrected chi connectivity index (χ4v) is 4.14. The summed E-state index contributed by atoms with van der Waals surface area (Å²) in [6.07, 6.45) is 1.31. The van der Waals surface area contributed by atoms with E-state index in [9.17, 15) is 22.4 Å². The number of ether oxygens (including phenoxy) is 1. The number of aromatic amines is 1. The van der Waals surface area contributed by atoms with Gasteiger partial charge >= 0.3 is 5.97 Å². The second-order valence-corrected chi connectivity index (χ2v) is 8.85. The largest absolute Gasteiger partial charge is 0.451 e. The van der Waals surface area contributed by atoms with E-state index in [4.69, 9.17) is 4.74 Å². The van der Waals surface area contributed by atoms with Gasteiger partial charge in [0.25, 0.3) is 5.91 Å². The van der Waals surface area contributed by atoms with Gasteiger partial charge in [-0.25, -0.2) is 27.8 Å². The molecule has 11 nitrogen and oxygen atoms in total. The molecule has 3 aromatic rings. The van der Waals surface area contributed by atoms with E-state index in [0.717, 1.165) is 12.1 Å². The molecular weight excluding hydrogens is 443 g/mol. The molecule has 3 N–H and O–H groups in total. The minimum absolute atomic E-state index is 0.140. The van der Waals surface area contributed by atoms with E-state index in [0.29, 0.717) is 11.2 Å². The highest BCUT2D eigenvalue weighted by atomic mass is 32.2. The van der Waals surface area contributed by atoms with Crippen molar-refractivity contribution in [3.05, 3.63) is 42.7 Å². The van der Waals surface area contributed by atoms with Crippen molar-refractivity contribution in [3.8, 4) is 0 Å². The SMILES string of the molecule is CC(OC(=O)[C@@H](NS(=O)(=O)c1ccccc1F)C(C)C)C(=O)Nc1ncnc2nc[nH]c12. The van der Waals surface area contributed by atoms with Crippen LogP contribution in [0.5, 0.6) is 0 Å². The molecule has 1 unspecified atom stereocenters. The molecule has 2 aromatic heterocycles. The quantitative estimate of drug-likeness (QED) is 0.422. The van der Waals surface area contributed by atoms with Crippen molar-refractivity contribution in [2.24, 2.45) is 5.92 Å². The van der Waals surface area contributed by atoms with Crippen molar-refractivity contribution >= 4 is 38.9 Å². The number of esters is 1. The number of imidazole rings is 1. The number of nitrogens with zero attached hydrogens (tertiary/aromatic N) is 3. The molecule has 0 aliphatic rings. The topological polar surface area (TPSA) is 156 Å². The van der Waals surface area contributed by atoms with Crippen molar-refractivity contribution < 1.29 is 27.1 Å². The molecule has 0 saturated carbocycles. The maximum Gasteiger partial charge on any atom is 0.325 e. The van der Waals surface area contributed by atoms with E-state index in [1.165, 1.54) is 31.7 Å². The Morgan fingerprint density at radius 1 is 1.12 bits per heavy atom. The summed E-state index contributed by atoms with van der Waals surface area (Å²) in [5.74, 6) is -3.06. The lowest BCUT2D eigenvalue weighted by atomic mass is 10.1. The Kier molecular flexibility index (Phi) is 6.79. The number of fused-ring (bicyclic) bond motifs is 1. The number of amides is 1. The number of halogens is 1. The Bertz CT molecular complexity index is 1250. The Morgan fingerprint density at radius 3 is 2.53 bits per heavy atom. The summed E-state index contributed by atoms with van der Waals surface area (Å²) in [5, 5.41) is 2.50. The van der Waals surface area contributed by atoms with Gasteiger partial charge in [-0.05, 0) is 25.0 Å². The van der Waals surface area contributed by atoms with Crippen LogP contribution in [0.3, 0.4) is 0 Å². The number of nitrogens with one attached hydrogen (secondary N) is 3. The van der Waals surface area contributed by atoms with Crippen LogP contribution in [0.15, 0.2) is 41.8 Å². The maximum absolute atomic E-state index is 13.9. The molecule has 0 fully saturated rings. The zero-order valence-corrected chi connectivity index (χ0v) is 18.2. The third-order valence-corrected chi connectivity index (χ3v) is 5.93. The van der Waals surface area contributed by atoms with E-state index in [1.807, 2.05) is 0 Å². The van der Waals surface area contributed by atoms with E-state index < -0.39 is 50.7 Å². The molecule has 0 aliphatic carbocycles. The predicted octanol–water partition coefficient (Wildman–Crippen LogP) is 1.37. The summed E-state index contributed by atoms with van der Waals surface area (Å²) in [6, 6.07) is 3.42. The molecule has 1 aromatic carbocycles. The molecule has 2 heterocycles. The number of benzene rings is 1. The molecule has 170 valence electrons. The first-order valence-corrected chi connectivity index (χ1v) is 11.0. The number of hydrogen-bond acceptors (Lipinski definition) is 8. The van der Waals surface area contributed by atoms with Crippen LogP contribution in [-0.4, -0.2) is 52.4 Å². The average Bonchev–Trinajstić information content (AvgIpc) is 3.21. The van der Waals surface area contributed by atoms with Crippen molar-refractivity contribution in [3.63, 3.8) is 0 Å². The first-order chi connectivity index (χ1) is 15.1. The molecule has 3 rings (SSSR count). The lowest BCUT2D eigenvalue weighted by molar-refractivity contribution is -0.155. The van der Waals surface area contributed by atoms with Gasteiger partial charge < -0.3 is 15.0 Å². The molecule has 0 radical (unpaired) electrons. The molecular formula is C19H21FN6O5S. The zero-order chi connectivity index (χ0) is 23.5. The first kappa shape index (κ1) is 23.2. The number of anilines is 1. The van der Waals surface area contributed by atoms with Gasteiger partial charge in [-0.1, -0.05) is 26.0 Å². The van der Waals surface area contributed by atoms with Gasteiger partial charge in [0, 0.05) is 0 Å². The number of hydrogen-bond donors (Lipinski definition) is 3. The Balaban J connectivity index is 1.70. The summed E-state index contributed by atoms with van der Waals surface area (Å²) in [4.78, 5) is 39.2. The van der Waals surface area contributed by atoms with Crippen LogP contribution >= 0.6 is 0 Å². The van der Waals surface area contributed by atoms with Crippen LogP contribution < -0.4 is 10.0 Å². The third kappa shape index (κ3) is 5.06. The molecule has 2 atom stereocenters. The number of rotatable bonds is 8. The average molecular weight is 464 g/mol. The third-order valence-electron chi connectivity index (χ3n) is 4.46. The van der Waals surface area contributed by atoms with E-state index in [1.54, 1.807) is 13.8 Å². The van der Waals surface area contributed by atoms with Crippen LogP contribution in [0.25, 0.3) is 11.2 Å². The Hall–Kier alpha value is -3.45. The highest BCUT2D eigenvalue weighted by molar-refractivity contribution is 7.89. The summed E-state index contributed by atoms with van der Waals surface area (Å²) in [7, 11) is -4.36. The van der Waals surface area contributed by atoms with Crippen LogP contribution in [-0.2, 0) is 24.3 Å². The molecule has 0 spiro atoms. The lowest BCUT2D eigenvalue weighted by Gasteiger charge is -2.23. The van der Waals surface area contributed by atoms with Crippen molar-refractivity contribution in [1.82, 2.24) is 24.7 Å². The summed E-state index contributed by atoms with van der Waals surface area (Å²) in [6.45, 7) is 4.48. The second kappa shape index (κ2) is 9.36. The minimum Gasteiger partial charge on any atom is -0.451 e. The first-order valence-electron chi connectivity index (χ1n) is 9.52. The minimum atomic E-state index is -4.36. The van der Waals surface area contributed by atoms with Gasteiger partial charge in [-0.15, -0.1) is 0 Å². The smallest absolute Gasteiger partial charge is 0.325 e. The second-order valence-electron chi connectivity index (χ2n) is 7.17. The van der Waals surface area contributed by atoms with E-state index >= 15 is 0 Å². The van der Waals surface area contributed by atoms with Crippen LogP contribution in [0.1, 0.15) is 20.8 Å². The maximum atomic E-state index is 13.9. The van der Waals surface area contributed by atoms with Gasteiger partial charge in [0.2, 0.25) is 10.0 Å². The highest BCUT2D eigenvalue weighted by Crippen LogP contribution is 2.17. The summed E-state index contributed by atoms with van der Waals surface area (Å²) in [5.41, 5.74) is 0.722. The number of carbonyl (C=O) groups excluding carboxylic acids is 2. The number of aromatic nitrogens is 4. The summed E-state index contributed by atoms with van der Waals surface area (Å²) < 4.78 is 46.4. The van der Waals surface area contributed by atoms with Gasteiger partial charge in [-0.3, -0.25) is 9.59 Å². The van der Waals surface area contributed by atoms with E-state index in [2.05, 4.69) is 30.0 Å². The number of H-pyrrole nitrogens is 1. The van der Waals surface area contributed by atoms with Gasteiger partial charge in [-0.2, -0.15) is 4.72 Å². The Labute approximate surface area is 182 Å². The van der Waals surface area contributed by atoms with E-state index in [-0.39, 0.29) is 5.82 Å². The predicted molar refractivity (Wildman–Crippen MR) is 111 cm³/mol. The Morgan fingerprint density at radius 2 is 1.84 bits per heavy atom. The lowest BCUT2D eigenvalue weighted by Crippen LogP contribution is -2.47. The molecule has 0 aliphatic heterocycles. The van der Waals surface area contributed by atoms with Crippen LogP contribution in [0.2, 0.25) is 0 Å². The van der Waals surface area contributed by atoms with Gasteiger partial charge in [0.1, 0.15) is 28.6 Å². The number of sulfonamides is 1. The van der Waals surface area contributed by atoms with Gasteiger partial charge in [0.15, 0.2) is 17.6 Å². The van der Waals surface area contributed by atoms with Gasteiger partial charge in [0.05, 0.1) is 6.33 Å². The molecule has 32 heavy (non-hydrogen) atoms.